The fourth-order valence-corrected chi connectivity index (χ4v) is 4.02. The van der Waals surface area contributed by atoms with Crippen molar-refractivity contribution in [2.75, 3.05) is 0 Å². The van der Waals surface area contributed by atoms with E-state index >= 15 is 0 Å². The lowest BCUT2D eigenvalue weighted by Crippen LogP contribution is -2.56. The van der Waals surface area contributed by atoms with Gasteiger partial charge in [0.1, 0.15) is 10.7 Å². The molecule has 1 aliphatic rings. The molecular formula is C19H14Cl3N3O3. The zero-order chi connectivity index (χ0) is 20.0. The molecule has 0 spiro atoms. The number of ether oxygens (including phenoxy) is 1. The number of benzene rings is 1. The van der Waals surface area contributed by atoms with Crippen LogP contribution in [0.15, 0.2) is 41.3 Å². The van der Waals surface area contributed by atoms with Crippen LogP contribution in [0.25, 0.3) is 11.1 Å². The Labute approximate surface area is 175 Å². The molecule has 4 rings (SSSR count). The van der Waals surface area contributed by atoms with Crippen molar-refractivity contribution in [2.24, 2.45) is 0 Å². The van der Waals surface area contributed by atoms with Crippen LogP contribution in [0, 0.1) is 0 Å². The van der Waals surface area contributed by atoms with Crippen LogP contribution < -0.4 is 15.2 Å². The van der Waals surface area contributed by atoms with Gasteiger partial charge in [-0.25, -0.2) is 14.3 Å². The summed E-state index contributed by atoms with van der Waals surface area (Å²) in [5.41, 5.74) is 0.541. The van der Waals surface area contributed by atoms with Crippen LogP contribution in [0.4, 0.5) is 0 Å². The molecule has 2 aromatic heterocycles. The Morgan fingerprint density at radius 2 is 1.96 bits per heavy atom. The minimum atomic E-state index is -0.709. The summed E-state index contributed by atoms with van der Waals surface area (Å²) in [5.74, 6) is 0.0879. The maximum Gasteiger partial charge on any atom is 0.347 e. The maximum absolute atomic E-state index is 13.4. The molecule has 3 heterocycles. The number of halogens is 3. The molecule has 0 amide bonds. The fourth-order valence-electron chi connectivity index (χ4n) is 3.38. The second-order valence-electron chi connectivity index (χ2n) is 6.25. The van der Waals surface area contributed by atoms with E-state index in [1.165, 1.54) is 9.13 Å². The molecule has 144 valence electrons. The third kappa shape index (κ3) is 3.16. The number of pyridine rings is 1. The Hall–Kier alpha value is -2.12. The lowest BCUT2D eigenvalue weighted by molar-refractivity contribution is -0.749. The normalized spacial score (nSPS) is 15.6. The molecule has 1 aliphatic heterocycles. The number of nitrogens with zero attached hydrogens (tertiary/aromatic N) is 3. The van der Waals surface area contributed by atoms with Crippen LogP contribution in [-0.2, 0) is 17.9 Å². The summed E-state index contributed by atoms with van der Waals surface area (Å²) in [4.78, 5) is 17.4. The SMILES string of the molecule is CCn1c([O-])c(-c2cc(Cl)cc(Cl)c2)c(=O)[n+]2c1COC2c1ccc(Cl)nc1. The fraction of sp³-hybridized carbons (Fsp3) is 0.211. The Balaban J connectivity index is 1.99. The molecule has 1 unspecified atom stereocenters. The number of rotatable bonds is 3. The minimum absolute atomic E-state index is 0.00702. The average molecular weight is 439 g/mol. The second kappa shape index (κ2) is 7.37. The van der Waals surface area contributed by atoms with Crippen molar-refractivity contribution in [3.8, 4) is 17.0 Å². The highest BCUT2D eigenvalue weighted by Crippen LogP contribution is 2.31. The van der Waals surface area contributed by atoms with Gasteiger partial charge in [-0.2, -0.15) is 4.57 Å². The summed E-state index contributed by atoms with van der Waals surface area (Å²) in [6.07, 6.45) is 0.838. The van der Waals surface area contributed by atoms with Crippen molar-refractivity contribution >= 4 is 34.8 Å². The Bertz CT molecular complexity index is 1110. The first-order chi connectivity index (χ1) is 13.4. The molecule has 1 atom stereocenters. The topological polar surface area (TPSA) is 71.1 Å². The first kappa shape index (κ1) is 19.2. The number of fused-ring (bicyclic) bond motifs is 1. The smallest absolute Gasteiger partial charge is 0.347 e. The molecule has 3 aromatic rings. The van der Waals surface area contributed by atoms with Gasteiger partial charge in [0.15, 0.2) is 6.61 Å². The first-order valence-corrected chi connectivity index (χ1v) is 9.61. The summed E-state index contributed by atoms with van der Waals surface area (Å²) < 4.78 is 8.83. The number of aromatic nitrogens is 3. The Kier molecular flexibility index (Phi) is 5.05. The zero-order valence-corrected chi connectivity index (χ0v) is 16.9. The Morgan fingerprint density at radius 3 is 2.57 bits per heavy atom. The van der Waals surface area contributed by atoms with Gasteiger partial charge in [0.05, 0.1) is 12.4 Å². The molecule has 9 heteroatoms. The van der Waals surface area contributed by atoms with E-state index in [-0.39, 0.29) is 12.2 Å². The summed E-state index contributed by atoms with van der Waals surface area (Å²) in [6, 6.07) is 8.00. The highest BCUT2D eigenvalue weighted by Gasteiger charge is 2.37. The molecule has 0 N–H and O–H groups in total. The van der Waals surface area contributed by atoms with Gasteiger partial charge in [-0.3, -0.25) is 0 Å². The highest BCUT2D eigenvalue weighted by molar-refractivity contribution is 6.35. The maximum atomic E-state index is 13.4. The minimum Gasteiger partial charge on any atom is -0.842 e. The van der Waals surface area contributed by atoms with Gasteiger partial charge in [-0.05, 0) is 42.8 Å². The van der Waals surface area contributed by atoms with Crippen molar-refractivity contribution in [3.05, 3.63) is 73.5 Å². The standard InChI is InChI=1S/C19H14Cl3N3O3/c1-2-24-15-9-28-19(10-3-4-14(22)23-8-10)25(15)18(27)16(17(24)26)11-5-12(20)7-13(21)6-11/h3-8,19H,2,9H2,1H3. The summed E-state index contributed by atoms with van der Waals surface area (Å²) in [7, 11) is 0. The van der Waals surface area contributed by atoms with E-state index in [1.54, 1.807) is 36.5 Å². The molecular weight excluding hydrogens is 425 g/mol. The van der Waals surface area contributed by atoms with E-state index in [9.17, 15) is 9.90 Å². The number of hydrogen-bond acceptors (Lipinski definition) is 4. The van der Waals surface area contributed by atoms with Crippen LogP contribution in [0.5, 0.6) is 5.88 Å². The van der Waals surface area contributed by atoms with E-state index in [4.69, 9.17) is 39.5 Å². The predicted molar refractivity (Wildman–Crippen MR) is 104 cm³/mol. The van der Waals surface area contributed by atoms with Crippen LogP contribution in [-0.4, -0.2) is 9.55 Å². The van der Waals surface area contributed by atoms with E-state index in [1.807, 2.05) is 6.92 Å². The molecule has 0 saturated carbocycles. The molecule has 0 bridgehead atoms. The molecule has 0 radical (unpaired) electrons. The van der Waals surface area contributed by atoms with E-state index < -0.39 is 17.7 Å². The van der Waals surface area contributed by atoms with Crippen LogP contribution in [0.2, 0.25) is 15.2 Å². The zero-order valence-electron chi connectivity index (χ0n) is 14.7. The molecule has 0 fully saturated rings. The van der Waals surface area contributed by atoms with Crippen LogP contribution >= 0.6 is 34.8 Å². The third-order valence-electron chi connectivity index (χ3n) is 4.59. The molecule has 28 heavy (non-hydrogen) atoms. The number of hydrogen-bond donors (Lipinski definition) is 0. The van der Waals surface area contributed by atoms with E-state index in [2.05, 4.69) is 4.98 Å². The van der Waals surface area contributed by atoms with Crippen LogP contribution in [0.3, 0.4) is 0 Å². The van der Waals surface area contributed by atoms with Gasteiger partial charge in [-0.15, -0.1) is 0 Å². The van der Waals surface area contributed by atoms with Crippen molar-refractivity contribution in [1.29, 1.82) is 0 Å². The quantitative estimate of drug-likeness (QED) is 0.464. The van der Waals surface area contributed by atoms with E-state index in [0.717, 1.165) is 0 Å². The molecule has 1 aromatic carbocycles. The van der Waals surface area contributed by atoms with Gasteiger partial charge in [0, 0.05) is 21.8 Å². The molecule has 0 aliphatic carbocycles. The molecule has 6 nitrogen and oxygen atoms in total. The van der Waals surface area contributed by atoms with Crippen molar-refractivity contribution in [2.45, 2.75) is 26.3 Å². The summed E-state index contributed by atoms with van der Waals surface area (Å²) in [6.45, 7) is 2.34. The highest BCUT2D eigenvalue weighted by atomic mass is 35.5. The van der Waals surface area contributed by atoms with Gasteiger partial charge >= 0.3 is 5.56 Å². The summed E-state index contributed by atoms with van der Waals surface area (Å²) in [5, 5.41) is 14.1. The van der Waals surface area contributed by atoms with E-state index in [0.29, 0.717) is 38.7 Å². The largest absolute Gasteiger partial charge is 0.842 e. The predicted octanol–water partition coefficient (Wildman–Crippen LogP) is 3.33. The lowest BCUT2D eigenvalue weighted by atomic mass is 10.1. The van der Waals surface area contributed by atoms with Crippen molar-refractivity contribution < 1.29 is 14.4 Å². The van der Waals surface area contributed by atoms with Crippen molar-refractivity contribution in [3.63, 3.8) is 0 Å². The Morgan fingerprint density at radius 1 is 1.25 bits per heavy atom. The average Bonchev–Trinajstić information content (AvgIpc) is 3.07. The third-order valence-corrected chi connectivity index (χ3v) is 5.25. The first-order valence-electron chi connectivity index (χ1n) is 8.48. The molecule has 0 saturated heterocycles. The second-order valence-corrected chi connectivity index (χ2v) is 7.51. The summed E-state index contributed by atoms with van der Waals surface area (Å²) >= 11 is 18.0. The van der Waals surface area contributed by atoms with Gasteiger partial charge in [-0.1, -0.05) is 34.8 Å². The monoisotopic (exact) mass is 437 g/mol. The van der Waals surface area contributed by atoms with Gasteiger partial charge in [0.25, 0.3) is 5.82 Å². The van der Waals surface area contributed by atoms with Gasteiger partial charge in [0.2, 0.25) is 6.23 Å². The van der Waals surface area contributed by atoms with Gasteiger partial charge < -0.3 is 9.84 Å². The van der Waals surface area contributed by atoms with Crippen molar-refractivity contribution in [1.82, 2.24) is 9.55 Å². The lowest BCUT2D eigenvalue weighted by Gasteiger charge is -2.18. The van der Waals surface area contributed by atoms with Crippen LogP contribution in [0.1, 0.15) is 24.5 Å².